The minimum Gasteiger partial charge on any atom is -0.497 e. The number of aliphatic imine (C=N–C) groups is 1. The van der Waals surface area contributed by atoms with Crippen molar-refractivity contribution < 1.29 is 19.0 Å². The molecule has 1 saturated carbocycles. The predicted molar refractivity (Wildman–Crippen MR) is 97.2 cm³/mol. The Morgan fingerprint density at radius 1 is 1.24 bits per heavy atom. The van der Waals surface area contributed by atoms with Crippen LogP contribution in [-0.2, 0) is 9.47 Å². The highest BCUT2D eigenvalue weighted by Crippen LogP contribution is 2.20. The van der Waals surface area contributed by atoms with Crippen LogP contribution in [0.15, 0.2) is 29.3 Å². The van der Waals surface area contributed by atoms with E-state index in [9.17, 15) is 4.79 Å². The first kappa shape index (κ1) is 19.2. The highest BCUT2D eigenvalue weighted by Gasteiger charge is 2.16. The van der Waals surface area contributed by atoms with E-state index >= 15 is 0 Å². The van der Waals surface area contributed by atoms with E-state index in [0.717, 1.165) is 12.8 Å². The van der Waals surface area contributed by atoms with Gasteiger partial charge < -0.3 is 14.2 Å². The third-order valence-electron chi connectivity index (χ3n) is 4.10. The maximum atomic E-state index is 12.5. The second kappa shape index (κ2) is 10.7. The average molecular weight is 348 g/mol. The number of amides is 1. The average Bonchev–Trinajstić information content (AvgIpc) is 2.66. The summed E-state index contributed by atoms with van der Waals surface area (Å²) in [5, 5.41) is 2.79. The topological polar surface area (TPSA) is 69.2 Å². The zero-order valence-electron chi connectivity index (χ0n) is 15.1. The Morgan fingerprint density at radius 2 is 2.04 bits per heavy atom. The Labute approximate surface area is 149 Å². The molecule has 0 aliphatic heterocycles. The van der Waals surface area contributed by atoms with E-state index in [1.54, 1.807) is 31.4 Å². The van der Waals surface area contributed by atoms with E-state index in [1.165, 1.54) is 19.3 Å². The number of methoxy groups -OCH3 is 1. The van der Waals surface area contributed by atoms with Gasteiger partial charge in [0.05, 0.1) is 19.8 Å². The summed E-state index contributed by atoms with van der Waals surface area (Å²) < 4.78 is 16.1. The van der Waals surface area contributed by atoms with Crippen molar-refractivity contribution in [2.75, 3.05) is 26.9 Å². The van der Waals surface area contributed by atoms with Crippen LogP contribution in [0.2, 0.25) is 0 Å². The molecule has 25 heavy (non-hydrogen) atoms. The predicted octanol–water partition coefficient (Wildman–Crippen LogP) is 3.17. The van der Waals surface area contributed by atoms with Gasteiger partial charge in [0.2, 0.25) is 0 Å². The monoisotopic (exact) mass is 348 g/mol. The van der Waals surface area contributed by atoms with Crippen molar-refractivity contribution in [3.05, 3.63) is 29.8 Å². The van der Waals surface area contributed by atoms with Gasteiger partial charge in [0.1, 0.15) is 12.4 Å². The summed E-state index contributed by atoms with van der Waals surface area (Å²) in [5.74, 6) is 0.376. The van der Waals surface area contributed by atoms with Crippen LogP contribution in [-0.4, -0.2) is 44.9 Å². The molecule has 1 aromatic carbocycles. The molecule has 0 unspecified atom stereocenters. The zero-order chi connectivity index (χ0) is 17.9. The maximum Gasteiger partial charge on any atom is 0.292 e. The third kappa shape index (κ3) is 6.74. The van der Waals surface area contributed by atoms with Crippen LogP contribution in [0.4, 0.5) is 0 Å². The lowest BCUT2D eigenvalue weighted by Crippen LogP contribution is -2.34. The SMILES string of the molecule is CCOCCOC(=NC1CCCCC1)NC(=O)c1cccc(OC)c1. The number of nitrogens with one attached hydrogen (secondary N) is 1. The standard InChI is InChI=1S/C19H28N2O4/c1-3-24-12-13-25-19(20-16-9-5-4-6-10-16)21-18(22)15-8-7-11-17(14-15)23-2/h7-8,11,14,16H,3-6,9-10,12-13H2,1-2H3,(H,20,21,22). The first-order valence-electron chi connectivity index (χ1n) is 8.96. The summed E-state index contributed by atoms with van der Waals surface area (Å²) in [5.41, 5.74) is 0.504. The van der Waals surface area contributed by atoms with Crippen LogP contribution in [0.1, 0.15) is 49.4 Å². The van der Waals surface area contributed by atoms with Crippen LogP contribution in [0, 0.1) is 0 Å². The second-order valence-corrected chi connectivity index (χ2v) is 5.96. The summed E-state index contributed by atoms with van der Waals surface area (Å²) >= 11 is 0. The van der Waals surface area contributed by atoms with Crippen molar-refractivity contribution in [1.29, 1.82) is 0 Å². The number of carbonyl (C=O) groups excluding carboxylic acids is 1. The molecule has 0 aromatic heterocycles. The van der Waals surface area contributed by atoms with Gasteiger partial charge in [-0.15, -0.1) is 0 Å². The molecule has 1 fully saturated rings. The van der Waals surface area contributed by atoms with E-state index in [2.05, 4.69) is 10.3 Å². The van der Waals surface area contributed by atoms with Gasteiger partial charge in [0.25, 0.3) is 11.9 Å². The van der Waals surface area contributed by atoms with Gasteiger partial charge >= 0.3 is 0 Å². The molecule has 0 spiro atoms. The van der Waals surface area contributed by atoms with Crippen LogP contribution >= 0.6 is 0 Å². The Morgan fingerprint density at radius 3 is 2.76 bits per heavy atom. The first-order valence-corrected chi connectivity index (χ1v) is 8.96. The lowest BCUT2D eigenvalue weighted by Gasteiger charge is -2.19. The lowest BCUT2D eigenvalue weighted by molar-refractivity contribution is 0.0920. The number of carbonyl (C=O) groups is 1. The van der Waals surface area contributed by atoms with Gasteiger partial charge in [-0.05, 0) is 38.0 Å². The van der Waals surface area contributed by atoms with Crippen molar-refractivity contribution in [3.63, 3.8) is 0 Å². The van der Waals surface area contributed by atoms with Crippen molar-refractivity contribution in [2.24, 2.45) is 4.99 Å². The molecule has 1 aromatic rings. The molecule has 138 valence electrons. The van der Waals surface area contributed by atoms with Crippen LogP contribution < -0.4 is 10.1 Å². The van der Waals surface area contributed by atoms with Crippen molar-refractivity contribution in [2.45, 2.75) is 45.1 Å². The largest absolute Gasteiger partial charge is 0.497 e. The van der Waals surface area contributed by atoms with E-state index < -0.39 is 0 Å². The molecule has 1 amide bonds. The minimum atomic E-state index is -0.259. The van der Waals surface area contributed by atoms with Gasteiger partial charge in [-0.25, -0.2) is 4.99 Å². The van der Waals surface area contributed by atoms with E-state index in [-0.39, 0.29) is 18.0 Å². The maximum absolute atomic E-state index is 12.5. The number of rotatable bonds is 7. The molecular weight excluding hydrogens is 320 g/mol. The van der Waals surface area contributed by atoms with Crippen LogP contribution in [0.3, 0.4) is 0 Å². The quantitative estimate of drug-likeness (QED) is 0.467. The number of ether oxygens (including phenoxy) is 3. The smallest absolute Gasteiger partial charge is 0.292 e. The van der Waals surface area contributed by atoms with E-state index in [1.807, 2.05) is 6.92 Å². The summed E-state index contributed by atoms with van der Waals surface area (Å²) in [6.07, 6.45) is 5.66. The highest BCUT2D eigenvalue weighted by molar-refractivity contribution is 6.04. The lowest BCUT2D eigenvalue weighted by atomic mass is 9.96. The Hall–Kier alpha value is -2.08. The molecule has 0 atom stereocenters. The normalized spacial score (nSPS) is 15.7. The second-order valence-electron chi connectivity index (χ2n) is 5.96. The molecule has 6 heteroatoms. The third-order valence-corrected chi connectivity index (χ3v) is 4.10. The van der Waals surface area contributed by atoms with Gasteiger partial charge in [0, 0.05) is 12.2 Å². The van der Waals surface area contributed by atoms with Gasteiger partial charge in [-0.2, -0.15) is 0 Å². The van der Waals surface area contributed by atoms with E-state index in [0.29, 0.717) is 31.1 Å². The molecule has 1 N–H and O–H groups in total. The number of nitrogens with zero attached hydrogens (tertiary/aromatic N) is 1. The minimum absolute atomic E-state index is 0.210. The van der Waals surface area contributed by atoms with Gasteiger partial charge in [0.15, 0.2) is 0 Å². The van der Waals surface area contributed by atoms with Gasteiger partial charge in [-0.3, -0.25) is 10.1 Å². The number of hydrogen-bond donors (Lipinski definition) is 1. The first-order chi connectivity index (χ1) is 12.2. The number of hydrogen-bond acceptors (Lipinski definition) is 5. The Bertz CT molecular complexity index is 568. The van der Waals surface area contributed by atoms with Crippen LogP contribution in [0.25, 0.3) is 0 Å². The van der Waals surface area contributed by atoms with E-state index in [4.69, 9.17) is 14.2 Å². The molecule has 1 aliphatic rings. The molecule has 0 heterocycles. The van der Waals surface area contributed by atoms with Crippen molar-refractivity contribution in [3.8, 4) is 5.75 Å². The highest BCUT2D eigenvalue weighted by atomic mass is 16.5. The fourth-order valence-corrected chi connectivity index (χ4v) is 2.76. The Kier molecular flexibility index (Phi) is 8.25. The van der Waals surface area contributed by atoms with Gasteiger partial charge in [-0.1, -0.05) is 25.3 Å². The summed E-state index contributed by atoms with van der Waals surface area (Å²) in [6, 6.07) is 7.49. The summed E-state index contributed by atoms with van der Waals surface area (Å²) in [7, 11) is 1.57. The number of amidine groups is 1. The fourth-order valence-electron chi connectivity index (χ4n) is 2.76. The molecule has 0 bridgehead atoms. The van der Waals surface area contributed by atoms with Crippen molar-refractivity contribution in [1.82, 2.24) is 5.32 Å². The molecule has 1 aliphatic carbocycles. The molecule has 0 radical (unpaired) electrons. The molecule has 2 rings (SSSR count). The number of benzene rings is 1. The Balaban J connectivity index is 2.02. The zero-order valence-corrected chi connectivity index (χ0v) is 15.1. The summed E-state index contributed by atoms with van der Waals surface area (Å²) in [6.45, 7) is 3.39. The molecule has 0 saturated heterocycles. The molecule has 6 nitrogen and oxygen atoms in total. The fraction of sp³-hybridized carbons (Fsp3) is 0.579. The summed E-state index contributed by atoms with van der Waals surface area (Å²) in [4.78, 5) is 17.1. The van der Waals surface area contributed by atoms with Crippen LogP contribution in [0.5, 0.6) is 5.75 Å². The molecular formula is C19H28N2O4. The van der Waals surface area contributed by atoms with Crippen molar-refractivity contribution >= 4 is 11.9 Å².